The van der Waals surface area contributed by atoms with E-state index in [1.54, 1.807) is 0 Å². The van der Waals surface area contributed by atoms with Crippen LogP contribution < -0.4 is 4.74 Å². The minimum atomic E-state index is -3.66. The van der Waals surface area contributed by atoms with Crippen LogP contribution in [0.2, 0.25) is 0 Å². The van der Waals surface area contributed by atoms with Gasteiger partial charge in [-0.2, -0.15) is 8.78 Å². The number of hydrogen-bond donors (Lipinski definition) is 0. The number of rotatable bonds is 9. The minimum absolute atomic E-state index is 0.0966. The third kappa shape index (κ3) is 6.55. The fourth-order valence-corrected chi connectivity index (χ4v) is 5.87. The van der Waals surface area contributed by atoms with Gasteiger partial charge in [-0.3, -0.25) is 0 Å². The van der Waals surface area contributed by atoms with E-state index in [0.717, 1.165) is 24.8 Å². The zero-order valence-corrected chi connectivity index (χ0v) is 21.5. The number of aryl methyl sites for hydroxylation is 1. The van der Waals surface area contributed by atoms with Crippen molar-refractivity contribution >= 4 is 0 Å². The number of unbranched alkanes of at least 4 members (excludes halogenated alkanes) is 2. The molecule has 0 saturated heterocycles. The van der Waals surface area contributed by atoms with Crippen LogP contribution in [0.1, 0.15) is 88.2 Å². The van der Waals surface area contributed by atoms with Gasteiger partial charge in [0.1, 0.15) is 17.4 Å². The fraction of sp³-hybridized carbons (Fsp3) is 0.533. The van der Waals surface area contributed by atoms with Gasteiger partial charge in [0.2, 0.25) is 0 Å². The molecule has 4 rings (SSSR count). The molecule has 38 heavy (non-hydrogen) atoms. The Morgan fingerprint density at radius 3 is 1.97 bits per heavy atom. The summed E-state index contributed by atoms with van der Waals surface area (Å²) < 4.78 is 104. The van der Waals surface area contributed by atoms with Crippen LogP contribution in [0.4, 0.5) is 30.7 Å². The van der Waals surface area contributed by atoms with Crippen LogP contribution >= 0.6 is 0 Å². The third-order valence-corrected chi connectivity index (χ3v) is 8.00. The summed E-state index contributed by atoms with van der Waals surface area (Å²) in [5.74, 6) is -7.99. The average molecular weight is 543 g/mol. The maximum atomic E-state index is 14.8. The molecular formula is C30H33F7O. The number of alkyl halides is 2. The number of halogens is 7. The summed E-state index contributed by atoms with van der Waals surface area (Å²) in [5, 5.41) is 0. The zero-order chi connectivity index (χ0) is 27.4. The van der Waals surface area contributed by atoms with E-state index in [-0.39, 0.29) is 30.2 Å². The van der Waals surface area contributed by atoms with Crippen molar-refractivity contribution in [2.75, 3.05) is 0 Å². The second-order valence-electron chi connectivity index (χ2n) is 10.6. The van der Waals surface area contributed by atoms with Gasteiger partial charge in [0.25, 0.3) is 0 Å². The minimum Gasteiger partial charge on any atom is -0.432 e. The van der Waals surface area contributed by atoms with Crippen LogP contribution in [0, 0.1) is 40.9 Å². The summed E-state index contributed by atoms with van der Waals surface area (Å²) >= 11 is 0. The van der Waals surface area contributed by atoms with E-state index < -0.39 is 46.9 Å². The molecule has 0 amide bonds. The van der Waals surface area contributed by atoms with E-state index in [1.807, 2.05) is 6.08 Å². The maximum Gasteiger partial charge on any atom is 0.400 e. The molecule has 2 aromatic carbocycles. The summed E-state index contributed by atoms with van der Waals surface area (Å²) in [6.07, 6.45) is 4.96. The van der Waals surface area contributed by atoms with Crippen LogP contribution in [0.25, 0.3) is 0 Å². The van der Waals surface area contributed by atoms with Crippen molar-refractivity contribution in [1.29, 1.82) is 0 Å². The molecule has 0 aromatic heterocycles. The molecule has 1 unspecified atom stereocenters. The van der Waals surface area contributed by atoms with Gasteiger partial charge in [0.05, 0.1) is 5.92 Å². The van der Waals surface area contributed by atoms with Crippen LogP contribution in [-0.2, 0) is 6.42 Å². The topological polar surface area (TPSA) is 9.23 Å². The molecule has 2 aromatic rings. The third-order valence-electron chi connectivity index (χ3n) is 8.00. The van der Waals surface area contributed by atoms with E-state index in [9.17, 15) is 30.7 Å². The first-order chi connectivity index (χ1) is 18.1. The van der Waals surface area contributed by atoms with Gasteiger partial charge in [-0.1, -0.05) is 31.4 Å². The Morgan fingerprint density at radius 2 is 1.42 bits per heavy atom. The van der Waals surface area contributed by atoms with E-state index in [1.165, 1.54) is 12.1 Å². The predicted molar refractivity (Wildman–Crippen MR) is 132 cm³/mol. The van der Waals surface area contributed by atoms with Crippen molar-refractivity contribution in [3.8, 4) is 5.75 Å². The summed E-state index contributed by atoms with van der Waals surface area (Å²) in [6.45, 7) is 2.08. The van der Waals surface area contributed by atoms with Gasteiger partial charge in [-0.05, 0) is 87.3 Å². The molecule has 0 N–H and O–H groups in total. The molecule has 0 heterocycles. The molecule has 1 nitrogen and oxygen atoms in total. The highest BCUT2D eigenvalue weighted by Crippen LogP contribution is 2.45. The van der Waals surface area contributed by atoms with Crippen molar-refractivity contribution in [2.24, 2.45) is 11.8 Å². The summed E-state index contributed by atoms with van der Waals surface area (Å²) in [7, 11) is 0. The normalized spacial score (nSPS) is 22.3. The Hall–Kier alpha value is -2.51. The molecule has 2 aliphatic carbocycles. The molecule has 208 valence electrons. The molecular weight excluding hydrogens is 509 g/mol. The number of ether oxygens (including phenoxy) is 1. The van der Waals surface area contributed by atoms with Crippen molar-refractivity contribution in [3.63, 3.8) is 0 Å². The first-order valence-corrected chi connectivity index (χ1v) is 13.5. The molecule has 0 aliphatic heterocycles. The van der Waals surface area contributed by atoms with Gasteiger partial charge in [0, 0.05) is 17.7 Å². The van der Waals surface area contributed by atoms with E-state index >= 15 is 0 Å². The molecule has 0 spiro atoms. The lowest BCUT2D eigenvalue weighted by atomic mass is 9.73. The largest absolute Gasteiger partial charge is 0.432 e. The van der Waals surface area contributed by atoms with E-state index in [4.69, 9.17) is 0 Å². The molecule has 1 fully saturated rings. The van der Waals surface area contributed by atoms with E-state index in [0.29, 0.717) is 56.2 Å². The molecule has 0 radical (unpaired) electrons. The first kappa shape index (κ1) is 28.5. The lowest BCUT2D eigenvalue weighted by Crippen LogP contribution is -2.37. The highest BCUT2D eigenvalue weighted by atomic mass is 19.3. The lowest BCUT2D eigenvalue weighted by molar-refractivity contribution is -0.223. The molecule has 8 heteroatoms. The van der Waals surface area contributed by atoms with Crippen LogP contribution in [0.15, 0.2) is 35.9 Å². The van der Waals surface area contributed by atoms with Gasteiger partial charge >= 0.3 is 6.11 Å². The zero-order valence-electron chi connectivity index (χ0n) is 21.5. The van der Waals surface area contributed by atoms with Crippen LogP contribution in [-0.4, -0.2) is 6.11 Å². The summed E-state index contributed by atoms with van der Waals surface area (Å²) in [4.78, 5) is 0. The van der Waals surface area contributed by atoms with Crippen molar-refractivity contribution < 1.29 is 35.5 Å². The average Bonchev–Trinajstić information content (AvgIpc) is 2.87. The molecule has 2 aliphatic rings. The number of hydrogen-bond acceptors (Lipinski definition) is 1. The highest BCUT2D eigenvalue weighted by Gasteiger charge is 2.44. The van der Waals surface area contributed by atoms with Gasteiger partial charge in [-0.15, -0.1) is 0 Å². The Labute approximate surface area is 219 Å². The van der Waals surface area contributed by atoms with E-state index in [2.05, 4.69) is 11.7 Å². The Morgan fingerprint density at radius 1 is 0.789 bits per heavy atom. The molecule has 1 atom stereocenters. The van der Waals surface area contributed by atoms with Crippen LogP contribution in [0.3, 0.4) is 0 Å². The van der Waals surface area contributed by atoms with Crippen LogP contribution in [0.5, 0.6) is 5.75 Å². The highest BCUT2D eigenvalue weighted by molar-refractivity contribution is 5.31. The summed E-state index contributed by atoms with van der Waals surface area (Å²) in [5.41, 5.74) is 1.94. The first-order valence-electron chi connectivity index (χ1n) is 13.5. The Kier molecular flexibility index (Phi) is 9.09. The molecule has 1 saturated carbocycles. The standard InChI is InChI=1S/C30H33F7O/c1-2-3-4-5-18-14-24(31)28(25(32)15-18)21-8-6-19(7-9-21)20-10-12-22(13-11-20)30(36,37)38-23-16-26(33)29(35)27(34)17-23/h6,14-17,20-22H,2-5,7-13H2,1H3. The fourth-order valence-electron chi connectivity index (χ4n) is 5.87. The van der Waals surface area contributed by atoms with Gasteiger partial charge < -0.3 is 4.74 Å². The van der Waals surface area contributed by atoms with Gasteiger partial charge in [0.15, 0.2) is 17.5 Å². The Bertz CT molecular complexity index is 1110. The lowest BCUT2D eigenvalue weighted by Gasteiger charge is -2.35. The number of benzene rings is 2. The second-order valence-corrected chi connectivity index (χ2v) is 10.6. The number of allylic oxidation sites excluding steroid dienone is 2. The monoisotopic (exact) mass is 542 g/mol. The molecule has 0 bridgehead atoms. The second kappa shape index (κ2) is 12.1. The Balaban J connectivity index is 1.33. The van der Waals surface area contributed by atoms with Gasteiger partial charge in [-0.25, -0.2) is 22.0 Å². The summed E-state index contributed by atoms with van der Waals surface area (Å²) in [6, 6.07) is 3.72. The van der Waals surface area contributed by atoms with Crippen molar-refractivity contribution in [1.82, 2.24) is 0 Å². The quantitative estimate of drug-likeness (QED) is 0.133. The SMILES string of the molecule is CCCCCc1cc(F)c(C2CC=C(C3CCC(C(F)(F)Oc4cc(F)c(F)c(F)c4)CC3)CC2)c(F)c1. The smallest absolute Gasteiger partial charge is 0.400 e. The van der Waals surface area contributed by atoms with Crippen molar-refractivity contribution in [3.05, 3.63) is 76.1 Å². The maximum absolute atomic E-state index is 14.8. The predicted octanol–water partition coefficient (Wildman–Crippen LogP) is 9.79. The van der Waals surface area contributed by atoms with Crippen molar-refractivity contribution in [2.45, 2.75) is 89.6 Å².